The number of nitrogens with two attached hydrogens (primary N) is 1. The number of carbonyl (C=O) groups is 1. The van der Waals surface area contributed by atoms with Crippen LogP contribution in [0.4, 0.5) is 0 Å². The Morgan fingerprint density at radius 2 is 2.00 bits per heavy atom. The number of aryl methyl sites for hydroxylation is 1. The van der Waals surface area contributed by atoms with Gasteiger partial charge in [0.1, 0.15) is 11.6 Å². The summed E-state index contributed by atoms with van der Waals surface area (Å²) >= 11 is 1.51. The van der Waals surface area contributed by atoms with Crippen molar-refractivity contribution in [2.75, 3.05) is 26.5 Å². The van der Waals surface area contributed by atoms with Crippen LogP contribution in [0.15, 0.2) is 29.4 Å². The van der Waals surface area contributed by atoms with Gasteiger partial charge in [-0.1, -0.05) is 23.9 Å². The second-order valence-corrected chi connectivity index (χ2v) is 5.85. The Kier molecular flexibility index (Phi) is 5.26. The zero-order valence-electron chi connectivity index (χ0n) is 12.8. The van der Waals surface area contributed by atoms with E-state index in [0.29, 0.717) is 16.7 Å². The van der Waals surface area contributed by atoms with E-state index in [0.717, 1.165) is 11.3 Å². The van der Waals surface area contributed by atoms with E-state index < -0.39 is 0 Å². The van der Waals surface area contributed by atoms with Crippen LogP contribution in [0.5, 0.6) is 5.75 Å². The summed E-state index contributed by atoms with van der Waals surface area (Å²) in [7, 11) is 3.40. The van der Waals surface area contributed by atoms with Gasteiger partial charge in [0.05, 0.1) is 0 Å². The lowest BCUT2D eigenvalue weighted by Gasteiger charge is -2.11. The number of benzene rings is 1. The topological polar surface area (TPSA) is 86.3 Å². The number of nitrogens with zero attached hydrogens (tertiary/aromatic N) is 4. The lowest BCUT2D eigenvalue weighted by Crippen LogP contribution is -2.27. The van der Waals surface area contributed by atoms with Crippen LogP contribution < -0.4 is 10.6 Å². The number of carbonyl (C=O) groups excluding carboxylic acids is 1. The summed E-state index contributed by atoms with van der Waals surface area (Å²) in [4.78, 5) is 12.9. The van der Waals surface area contributed by atoms with Crippen molar-refractivity contribution in [1.82, 2.24) is 19.8 Å². The van der Waals surface area contributed by atoms with E-state index in [1.54, 1.807) is 21.0 Å². The molecule has 0 bridgehead atoms. The van der Waals surface area contributed by atoms with Gasteiger partial charge < -0.3 is 15.5 Å². The molecule has 118 valence electrons. The number of amides is 1. The molecule has 1 heterocycles. The molecule has 0 aliphatic rings. The molecule has 2 aromatic rings. The van der Waals surface area contributed by atoms with Gasteiger partial charge in [-0.3, -0.25) is 4.79 Å². The number of hydrogen-bond acceptors (Lipinski definition) is 6. The Bertz CT molecular complexity index is 639. The number of ether oxygens (including phenoxy) is 1. The van der Waals surface area contributed by atoms with Gasteiger partial charge in [-0.05, 0) is 24.6 Å². The summed E-state index contributed by atoms with van der Waals surface area (Å²) in [5, 5.41) is 8.58. The van der Waals surface area contributed by atoms with Gasteiger partial charge in [0.25, 0.3) is 5.91 Å². The quantitative estimate of drug-likeness (QED) is 0.632. The molecule has 8 heteroatoms. The molecule has 0 spiro atoms. The van der Waals surface area contributed by atoms with Gasteiger partial charge in [0.15, 0.2) is 6.61 Å². The van der Waals surface area contributed by atoms with Crippen LogP contribution in [0.3, 0.4) is 0 Å². The molecule has 0 saturated heterocycles. The third-order valence-corrected chi connectivity index (χ3v) is 4.00. The van der Waals surface area contributed by atoms with Gasteiger partial charge in [0.2, 0.25) is 5.16 Å². The average molecular weight is 321 g/mol. The van der Waals surface area contributed by atoms with Crippen LogP contribution in [0, 0.1) is 6.92 Å². The van der Waals surface area contributed by atoms with Crippen molar-refractivity contribution < 1.29 is 9.53 Å². The van der Waals surface area contributed by atoms with E-state index in [1.807, 2.05) is 24.3 Å². The predicted molar refractivity (Wildman–Crippen MR) is 85.1 cm³/mol. The molecular formula is C14H19N5O2S. The molecular weight excluding hydrogens is 302 g/mol. The number of rotatable bonds is 6. The zero-order chi connectivity index (χ0) is 16.1. The minimum atomic E-state index is -0.0720. The van der Waals surface area contributed by atoms with Gasteiger partial charge in [-0.15, -0.1) is 10.2 Å². The number of likely N-dealkylation sites (N-methyl/N-ethyl adjacent to an activating group) is 1. The number of nitrogen functional groups attached to an aromatic ring is 1. The SMILES string of the molecule is Cc1nnc(SCc2ccc(OCC(=O)N(C)C)cc2)n1N. The number of aromatic nitrogens is 3. The molecule has 0 unspecified atom stereocenters. The van der Waals surface area contributed by atoms with Gasteiger partial charge >= 0.3 is 0 Å². The first-order valence-corrected chi connectivity index (χ1v) is 7.67. The highest BCUT2D eigenvalue weighted by molar-refractivity contribution is 7.98. The fourth-order valence-electron chi connectivity index (χ4n) is 1.55. The normalized spacial score (nSPS) is 10.5. The van der Waals surface area contributed by atoms with Gasteiger partial charge in [0, 0.05) is 19.8 Å². The van der Waals surface area contributed by atoms with Gasteiger partial charge in [-0.25, -0.2) is 4.68 Å². The standard InChI is InChI=1S/C14H19N5O2S/c1-10-16-17-14(19(10)15)22-9-11-4-6-12(7-5-11)21-8-13(20)18(2)3/h4-7H,8-9,15H2,1-3H3. The highest BCUT2D eigenvalue weighted by Gasteiger charge is 2.07. The molecule has 1 amide bonds. The second kappa shape index (κ2) is 7.17. The first-order valence-electron chi connectivity index (χ1n) is 6.69. The van der Waals surface area contributed by atoms with Crippen molar-refractivity contribution in [2.24, 2.45) is 0 Å². The van der Waals surface area contributed by atoms with E-state index in [9.17, 15) is 4.79 Å². The largest absolute Gasteiger partial charge is 0.484 e. The molecule has 0 aliphatic heterocycles. The van der Waals surface area contributed by atoms with Crippen molar-refractivity contribution in [2.45, 2.75) is 17.8 Å². The molecule has 2 rings (SSSR count). The Morgan fingerprint density at radius 1 is 1.32 bits per heavy atom. The first kappa shape index (κ1) is 16.2. The lowest BCUT2D eigenvalue weighted by molar-refractivity contribution is -0.130. The third kappa shape index (κ3) is 4.14. The van der Waals surface area contributed by atoms with Crippen LogP contribution >= 0.6 is 11.8 Å². The molecule has 1 aromatic carbocycles. The number of hydrogen-bond donors (Lipinski definition) is 1. The molecule has 0 saturated carbocycles. The number of thioether (sulfide) groups is 1. The van der Waals surface area contributed by atoms with E-state index >= 15 is 0 Å². The Morgan fingerprint density at radius 3 is 2.55 bits per heavy atom. The van der Waals surface area contributed by atoms with Crippen molar-refractivity contribution >= 4 is 17.7 Å². The smallest absolute Gasteiger partial charge is 0.259 e. The maximum absolute atomic E-state index is 11.4. The lowest BCUT2D eigenvalue weighted by atomic mass is 10.2. The minimum Gasteiger partial charge on any atom is -0.484 e. The minimum absolute atomic E-state index is 0.0383. The molecule has 2 N–H and O–H groups in total. The van der Waals surface area contributed by atoms with Crippen molar-refractivity contribution in [1.29, 1.82) is 0 Å². The highest BCUT2D eigenvalue weighted by Crippen LogP contribution is 2.21. The summed E-state index contributed by atoms with van der Waals surface area (Å²) in [6, 6.07) is 7.59. The Hall–Kier alpha value is -2.22. The monoisotopic (exact) mass is 321 g/mol. The van der Waals surface area contributed by atoms with Crippen LogP contribution in [0.25, 0.3) is 0 Å². The molecule has 0 atom stereocenters. The van der Waals surface area contributed by atoms with E-state index in [2.05, 4.69) is 10.2 Å². The fourth-order valence-corrected chi connectivity index (χ4v) is 2.41. The summed E-state index contributed by atoms with van der Waals surface area (Å²) in [6.07, 6.45) is 0. The maximum Gasteiger partial charge on any atom is 0.259 e. The van der Waals surface area contributed by atoms with Crippen LogP contribution in [-0.2, 0) is 10.5 Å². The van der Waals surface area contributed by atoms with E-state index in [4.69, 9.17) is 10.6 Å². The van der Waals surface area contributed by atoms with Crippen molar-refractivity contribution in [3.8, 4) is 5.75 Å². The molecule has 1 aromatic heterocycles. The van der Waals surface area contributed by atoms with E-state index in [1.165, 1.54) is 21.3 Å². The summed E-state index contributed by atoms with van der Waals surface area (Å²) in [5.41, 5.74) is 1.11. The van der Waals surface area contributed by atoms with Gasteiger partial charge in [-0.2, -0.15) is 0 Å². The van der Waals surface area contributed by atoms with Crippen LogP contribution in [0.2, 0.25) is 0 Å². The maximum atomic E-state index is 11.4. The fraction of sp³-hybridized carbons (Fsp3) is 0.357. The second-order valence-electron chi connectivity index (χ2n) is 4.91. The van der Waals surface area contributed by atoms with E-state index in [-0.39, 0.29) is 12.5 Å². The van der Waals surface area contributed by atoms with Crippen molar-refractivity contribution in [3.05, 3.63) is 35.7 Å². The summed E-state index contributed by atoms with van der Waals surface area (Å²) in [5.74, 6) is 7.80. The zero-order valence-corrected chi connectivity index (χ0v) is 13.6. The third-order valence-electron chi connectivity index (χ3n) is 2.99. The van der Waals surface area contributed by atoms with Crippen molar-refractivity contribution in [3.63, 3.8) is 0 Å². The predicted octanol–water partition coefficient (Wildman–Crippen LogP) is 1.06. The highest BCUT2D eigenvalue weighted by atomic mass is 32.2. The Balaban J connectivity index is 1.86. The molecule has 0 aliphatic carbocycles. The molecule has 0 fully saturated rings. The van der Waals surface area contributed by atoms with Crippen LogP contribution in [0.1, 0.15) is 11.4 Å². The first-order chi connectivity index (χ1) is 10.5. The molecule has 0 radical (unpaired) electrons. The Labute approximate surface area is 133 Å². The molecule has 22 heavy (non-hydrogen) atoms. The summed E-state index contributed by atoms with van der Waals surface area (Å²) in [6.45, 7) is 1.84. The summed E-state index contributed by atoms with van der Waals surface area (Å²) < 4.78 is 6.89. The molecule has 7 nitrogen and oxygen atoms in total. The average Bonchev–Trinajstić information content (AvgIpc) is 2.83. The van der Waals surface area contributed by atoms with Crippen LogP contribution in [-0.4, -0.2) is 46.4 Å².